The van der Waals surface area contributed by atoms with Crippen molar-refractivity contribution in [1.29, 1.82) is 0 Å². The molecule has 1 aliphatic rings. The topological polar surface area (TPSA) is 62.9 Å². The van der Waals surface area contributed by atoms with Gasteiger partial charge in [0.25, 0.3) is 0 Å². The van der Waals surface area contributed by atoms with Gasteiger partial charge in [0.2, 0.25) is 0 Å². The summed E-state index contributed by atoms with van der Waals surface area (Å²) in [7, 11) is 1.36. The first kappa shape index (κ1) is 14.1. The molecule has 0 spiro atoms. The minimum absolute atomic E-state index is 0.157. The van der Waals surface area contributed by atoms with Crippen LogP contribution in [0.2, 0.25) is 0 Å². The second-order valence-electron chi connectivity index (χ2n) is 5.16. The molecule has 0 bridgehead atoms. The summed E-state index contributed by atoms with van der Waals surface area (Å²) < 4.78 is 10.3. The van der Waals surface area contributed by atoms with Crippen LogP contribution in [-0.4, -0.2) is 42.3 Å². The number of hydrogen-bond donors (Lipinski definition) is 1. The normalized spacial score (nSPS) is 23.8. The van der Waals surface area contributed by atoms with Crippen LogP contribution < -0.4 is 0 Å². The molecule has 0 radical (unpaired) electrons. The first-order valence-electron chi connectivity index (χ1n) is 6.59. The largest absolute Gasteiger partial charge is 0.465 e. The first-order valence-corrected chi connectivity index (χ1v) is 6.59. The second kappa shape index (κ2) is 5.75. The highest BCUT2D eigenvalue weighted by atomic mass is 16.5. The second-order valence-corrected chi connectivity index (χ2v) is 5.16. The summed E-state index contributed by atoms with van der Waals surface area (Å²) in [6.45, 7) is 5.62. The lowest BCUT2D eigenvalue weighted by atomic mass is 10.0. The van der Waals surface area contributed by atoms with Crippen molar-refractivity contribution in [2.75, 3.05) is 20.3 Å². The Morgan fingerprint density at radius 3 is 3.00 bits per heavy atom. The molecule has 2 heterocycles. The molecule has 2 rings (SSSR count). The van der Waals surface area contributed by atoms with E-state index >= 15 is 0 Å². The van der Waals surface area contributed by atoms with Gasteiger partial charge in [-0.1, -0.05) is 6.92 Å². The van der Waals surface area contributed by atoms with Crippen LogP contribution in [0.1, 0.15) is 35.2 Å². The van der Waals surface area contributed by atoms with Gasteiger partial charge in [0.05, 0.1) is 20.3 Å². The maximum atomic E-state index is 11.5. The van der Waals surface area contributed by atoms with Gasteiger partial charge >= 0.3 is 5.97 Å². The van der Waals surface area contributed by atoms with E-state index in [4.69, 9.17) is 9.15 Å². The van der Waals surface area contributed by atoms with Crippen LogP contribution in [0.5, 0.6) is 0 Å². The molecule has 2 atom stereocenters. The van der Waals surface area contributed by atoms with E-state index in [0.717, 1.165) is 18.7 Å². The van der Waals surface area contributed by atoms with E-state index in [1.807, 2.05) is 0 Å². The third kappa shape index (κ3) is 2.82. The summed E-state index contributed by atoms with van der Waals surface area (Å²) >= 11 is 0. The Kier molecular flexibility index (Phi) is 4.27. The fourth-order valence-electron chi connectivity index (χ4n) is 2.71. The van der Waals surface area contributed by atoms with Crippen LogP contribution in [0.15, 0.2) is 10.5 Å². The molecule has 0 amide bonds. The summed E-state index contributed by atoms with van der Waals surface area (Å²) in [5, 5.41) is 9.42. The fourth-order valence-corrected chi connectivity index (χ4v) is 2.71. The quantitative estimate of drug-likeness (QED) is 0.839. The Morgan fingerprint density at radius 2 is 2.37 bits per heavy atom. The highest BCUT2D eigenvalue weighted by Crippen LogP contribution is 2.26. The van der Waals surface area contributed by atoms with Crippen LogP contribution >= 0.6 is 0 Å². The number of carbonyl (C=O) groups excluding carboxylic acids is 1. The maximum absolute atomic E-state index is 11.5. The zero-order valence-electron chi connectivity index (χ0n) is 11.7. The maximum Gasteiger partial charge on any atom is 0.341 e. The number of methoxy groups -OCH3 is 1. The standard InChI is InChI=1S/C14H21NO4/c1-9-4-5-15(13(9)8-16)7-11-6-12(10(2)19-11)14(17)18-3/h6,9,13,16H,4-5,7-8H2,1-3H3. The van der Waals surface area contributed by atoms with E-state index in [1.54, 1.807) is 13.0 Å². The average molecular weight is 267 g/mol. The molecule has 5 nitrogen and oxygen atoms in total. The molecule has 106 valence electrons. The van der Waals surface area contributed by atoms with E-state index in [-0.39, 0.29) is 18.6 Å². The van der Waals surface area contributed by atoms with Crippen molar-refractivity contribution < 1.29 is 19.1 Å². The number of nitrogens with zero attached hydrogens (tertiary/aromatic N) is 1. The molecule has 1 saturated heterocycles. The van der Waals surface area contributed by atoms with Gasteiger partial charge in [-0.05, 0) is 31.9 Å². The third-order valence-electron chi connectivity index (χ3n) is 3.92. The Hall–Kier alpha value is -1.33. The van der Waals surface area contributed by atoms with E-state index in [0.29, 0.717) is 23.8 Å². The molecule has 0 saturated carbocycles. The predicted octanol–water partition coefficient (Wildman–Crippen LogP) is 1.58. The molecule has 1 aromatic heterocycles. The van der Waals surface area contributed by atoms with Crippen molar-refractivity contribution >= 4 is 5.97 Å². The molecule has 19 heavy (non-hydrogen) atoms. The van der Waals surface area contributed by atoms with Crippen LogP contribution in [0, 0.1) is 12.8 Å². The Morgan fingerprint density at radius 1 is 1.63 bits per heavy atom. The van der Waals surface area contributed by atoms with Gasteiger partial charge in [-0.2, -0.15) is 0 Å². The number of hydrogen-bond acceptors (Lipinski definition) is 5. The third-order valence-corrected chi connectivity index (χ3v) is 3.92. The molecular weight excluding hydrogens is 246 g/mol. The fraction of sp³-hybridized carbons (Fsp3) is 0.643. The van der Waals surface area contributed by atoms with Crippen LogP contribution in [0.25, 0.3) is 0 Å². The van der Waals surface area contributed by atoms with Crippen molar-refractivity contribution in [1.82, 2.24) is 4.90 Å². The molecule has 0 aromatic carbocycles. The van der Waals surface area contributed by atoms with E-state index in [9.17, 15) is 9.90 Å². The number of ether oxygens (including phenoxy) is 1. The number of carbonyl (C=O) groups is 1. The summed E-state index contributed by atoms with van der Waals surface area (Å²) in [6.07, 6.45) is 1.08. The smallest absolute Gasteiger partial charge is 0.341 e. The highest BCUT2D eigenvalue weighted by Gasteiger charge is 2.31. The minimum Gasteiger partial charge on any atom is -0.465 e. The average Bonchev–Trinajstić information content (AvgIpc) is 2.92. The van der Waals surface area contributed by atoms with E-state index < -0.39 is 0 Å². The molecule has 1 fully saturated rings. The SMILES string of the molecule is COC(=O)c1cc(CN2CCC(C)C2CO)oc1C. The number of aryl methyl sites for hydroxylation is 1. The lowest BCUT2D eigenvalue weighted by Gasteiger charge is -2.23. The monoisotopic (exact) mass is 267 g/mol. The van der Waals surface area contributed by atoms with E-state index in [1.165, 1.54) is 7.11 Å². The Labute approximate surface area is 113 Å². The van der Waals surface area contributed by atoms with Gasteiger partial charge in [0.15, 0.2) is 0 Å². The lowest BCUT2D eigenvalue weighted by Crippen LogP contribution is -2.34. The van der Waals surface area contributed by atoms with Gasteiger partial charge in [-0.3, -0.25) is 4.90 Å². The van der Waals surface area contributed by atoms with Crippen molar-refractivity contribution in [2.45, 2.75) is 32.9 Å². The lowest BCUT2D eigenvalue weighted by molar-refractivity contribution is 0.0599. The van der Waals surface area contributed by atoms with Gasteiger partial charge in [-0.15, -0.1) is 0 Å². The highest BCUT2D eigenvalue weighted by molar-refractivity contribution is 5.90. The molecule has 1 aliphatic heterocycles. The number of furan rings is 1. The minimum atomic E-state index is -0.374. The van der Waals surface area contributed by atoms with Crippen molar-refractivity contribution in [3.05, 3.63) is 23.2 Å². The van der Waals surface area contributed by atoms with Gasteiger partial charge < -0.3 is 14.3 Å². The van der Waals surface area contributed by atoms with Gasteiger partial charge in [0.1, 0.15) is 17.1 Å². The Bertz CT molecular complexity index is 454. The number of rotatable bonds is 4. The van der Waals surface area contributed by atoms with Crippen molar-refractivity contribution in [3.63, 3.8) is 0 Å². The summed E-state index contributed by atoms with van der Waals surface area (Å²) in [5.74, 6) is 1.43. The van der Waals surface area contributed by atoms with Gasteiger partial charge in [0, 0.05) is 6.04 Å². The number of aliphatic hydroxyl groups excluding tert-OH is 1. The summed E-state index contributed by atoms with van der Waals surface area (Å²) in [4.78, 5) is 13.7. The Balaban J connectivity index is 2.10. The van der Waals surface area contributed by atoms with Crippen LogP contribution in [0.4, 0.5) is 0 Å². The molecule has 1 aromatic rings. The predicted molar refractivity (Wildman–Crippen MR) is 69.8 cm³/mol. The van der Waals surface area contributed by atoms with Crippen molar-refractivity contribution in [2.24, 2.45) is 5.92 Å². The molecule has 5 heteroatoms. The summed E-state index contributed by atoms with van der Waals surface area (Å²) in [6, 6.07) is 1.91. The molecule has 0 aliphatic carbocycles. The number of esters is 1. The van der Waals surface area contributed by atoms with E-state index in [2.05, 4.69) is 11.8 Å². The number of likely N-dealkylation sites (tertiary alicyclic amines) is 1. The zero-order chi connectivity index (χ0) is 14.0. The molecule has 1 N–H and O–H groups in total. The molecule has 2 unspecified atom stereocenters. The zero-order valence-corrected chi connectivity index (χ0v) is 11.7. The number of aliphatic hydroxyl groups is 1. The molecular formula is C14H21NO4. The van der Waals surface area contributed by atoms with Crippen LogP contribution in [-0.2, 0) is 11.3 Å². The van der Waals surface area contributed by atoms with Crippen molar-refractivity contribution in [3.8, 4) is 0 Å². The van der Waals surface area contributed by atoms with Crippen LogP contribution in [0.3, 0.4) is 0 Å². The first-order chi connectivity index (χ1) is 9.06. The summed E-state index contributed by atoms with van der Waals surface area (Å²) in [5.41, 5.74) is 0.477. The van der Waals surface area contributed by atoms with Gasteiger partial charge in [-0.25, -0.2) is 4.79 Å².